The molecule has 0 bridgehead atoms. The first kappa shape index (κ1) is 22.4. The van der Waals surface area contributed by atoms with Crippen LogP contribution < -0.4 is 0 Å². The molecule has 3 heterocycles. The molecule has 0 atom stereocenters. The lowest BCUT2D eigenvalue weighted by Crippen LogP contribution is -1.94. The fourth-order valence-corrected chi connectivity index (χ4v) is 7.68. The molecule has 0 aliphatic heterocycles. The van der Waals surface area contributed by atoms with Crippen molar-refractivity contribution in [2.75, 3.05) is 0 Å². The molecule has 4 heteroatoms. The van der Waals surface area contributed by atoms with Gasteiger partial charge in [-0.2, -0.15) is 5.26 Å². The maximum atomic E-state index is 9.69. The normalized spacial score (nSPS) is 11.9. The Kier molecular flexibility index (Phi) is 4.55. The minimum atomic E-state index is 0.662. The number of para-hydroxylation sites is 2. The summed E-state index contributed by atoms with van der Waals surface area (Å²) in [5, 5.41) is 16.8. The number of rotatable bonds is 2. The fraction of sp³-hybridized carbons (Fsp3) is 0. The van der Waals surface area contributed by atoms with Gasteiger partial charge in [0.15, 0.2) is 0 Å². The van der Waals surface area contributed by atoms with Crippen molar-refractivity contribution >= 4 is 75.3 Å². The van der Waals surface area contributed by atoms with Crippen LogP contribution in [0.1, 0.15) is 5.56 Å². The third kappa shape index (κ3) is 3.12. The lowest BCUT2D eigenvalue weighted by molar-refractivity contribution is 0.669. The van der Waals surface area contributed by atoms with Crippen LogP contribution in [0.3, 0.4) is 0 Å². The number of aromatic nitrogens is 1. The summed E-state index contributed by atoms with van der Waals surface area (Å²) in [6.07, 6.45) is 0. The Morgan fingerprint density at radius 3 is 2.32 bits per heavy atom. The van der Waals surface area contributed by atoms with E-state index in [1.54, 1.807) is 0 Å². The summed E-state index contributed by atoms with van der Waals surface area (Å²) in [5.41, 5.74) is 8.19. The third-order valence-corrected chi connectivity index (χ3v) is 9.43. The monoisotopic (exact) mass is 540 g/mol. The van der Waals surface area contributed by atoms with E-state index in [9.17, 15) is 5.26 Å². The first-order valence-corrected chi connectivity index (χ1v) is 14.4. The SMILES string of the molecule is N#Cc1ccc2c3ccccc3n(-c3cccc4c3sc3cccc(-c5ccc6oc7ccccc7c6c5)c34)c2c1. The quantitative estimate of drug-likeness (QED) is 0.219. The number of fused-ring (bicyclic) bond motifs is 9. The predicted molar refractivity (Wildman–Crippen MR) is 171 cm³/mol. The zero-order chi connectivity index (χ0) is 27.1. The van der Waals surface area contributed by atoms with E-state index in [1.165, 1.54) is 36.7 Å². The van der Waals surface area contributed by atoms with Crippen molar-refractivity contribution < 1.29 is 4.42 Å². The molecule has 0 amide bonds. The van der Waals surface area contributed by atoms with Crippen LogP contribution in [0, 0.1) is 11.3 Å². The van der Waals surface area contributed by atoms with Crippen molar-refractivity contribution in [2.24, 2.45) is 0 Å². The van der Waals surface area contributed by atoms with Gasteiger partial charge >= 0.3 is 0 Å². The van der Waals surface area contributed by atoms with E-state index in [0.29, 0.717) is 5.56 Å². The minimum Gasteiger partial charge on any atom is -0.456 e. The second-order valence-electron chi connectivity index (χ2n) is 10.4. The molecule has 0 saturated carbocycles. The van der Waals surface area contributed by atoms with Crippen molar-refractivity contribution in [3.8, 4) is 22.9 Å². The molecule has 6 aromatic carbocycles. The summed E-state index contributed by atoms with van der Waals surface area (Å²) < 4.78 is 10.9. The van der Waals surface area contributed by atoms with Gasteiger partial charge in [0.2, 0.25) is 0 Å². The highest BCUT2D eigenvalue weighted by Gasteiger charge is 2.19. The van der Waals surface area contributed by atoms with Crippen molar-refractivity contribution in [3.63, 3.8) is 0 Å². The van der Waals surface area contributed by atoms with Crippen LogP contribution in [-0.2, 0) is 0 Å². The Hall–Kier alpha value is -5.37. The molecule has 0 aliphatic rings. The minimum absolute atomic E-state index is 0.662. The Morgan fingerprint density at radius 2 is 1.39 bits per heavy atom. The number of nitrogens with zero attached hydrogens (tertiary/aromatic N) is 2. The van der Waals surface area contributed by atoms with Gasteiger partial charge in [-0.05, 0) is 59.7 Å². The molecule has 0 radical (unpaired) electrons. The largest absolute Gasteiger partial charge is 0.456 e. The second kappa shape index (κ2) is 8.32. The summed E-state index contributed by atoms with van der Waals surface area (Å²) in [7, 11) is 0. The van der Waals surface area contributed by atoms with Crippen LogP contribution in [0.15, 0.2) is 126 Å². The summed E-state index contributed by atoms with van der Waals surface area (Å²) >= 11 is 1.83. The van der Waals surface area contributed by atoms with Gasteiger partial charge in [0.1, 0.15) is 11.2 Å². The summed E-state index contributed by atoms with van der Waals surface area (Å²) in [6, 6.07) is 44.8. The molecule has 3 aromatic heterocycles. The number of nitriles is 1. The maximum Gasteiger partial charge on any atom is 0.135 e. The van der Waals surface area contributed by atoms with Crippen LogP contribution in [0.25, 0.3) is 80.7 Å². The number of benzene rings is 6. The van der Waals surface area contributed by atoms with Gasteiger partial charge < -0.3 is 8.98 Å². The molecule has 0 aliphatic carbocycles. The van der Waals surface area contributed by atoms with E-state index in [4.69, 9.17) is 4.42 Å². The number of hydrogen-bond acceptors (Lipinski definition) is 3. The van der Waals surface area contributed by atoms with E-state index in [-0.39, 0.29) is 0 Å². The van der Waals surface area contributed by atoms with Gasteiger partial charge in [0.25, 0.3) is 0 Å². The predicted octanol–water partition coefficient (Wildman–Crippen LogP) is 10.6. The molecule has 9 aromatic rings. The first-order chi connectivity index (χ1) is 20.3. The highest BCUT2D eigenvalue weighted by atomic mass is 32.1. The first-order valence-electron chi connectivity index (χ1n) is 13.6. The highest BCUT2D eigenvalue weighted by molar-refractivity contribution is 7.26. The molecule has 0 saturated heterocycles. The van der Waals surface area contributed by atoms with E-state index < -0.39 is 0 Å². The van der Waals surface area contributed by atoms with Gasteiger partial charge in [-0.1, -0.05) is 72.8 Å². The fourth-order valence-electron chi connectivity index (χ4n) is 6.44. The highest BCUT2D eigenvalue weighted by Crippen LogP contribution is 2.45. The average Bonchev–Trinajstić information content (AvgIpc) is 3.69. The molecule has 0 N–H and O–H groups in total. The molecule has 0 unspecified atom stereocenters. The van der Waals surface area contributed by atoms with Crippen molar-refractivity contribution in [1.29, 1.82) is 5.26 Å². The van der Waals surface area contributed by atoms with E-state index in [2.05, 4.69) is 108 Å². The molecule has 9 rings (SSSR count). The van der Waals surface area contributed by atoms with Crippen LogP contribution in [-0.4, -0.2) is 4.57 Å². The molecular weight excluding hydrogens is 520 g/mol. The van der Waals surface area contributed by atoms with Crippen LogP contribution in [0.5, 0.6) is 0 Å². The van der Waals surface area contributed by atoms with E-state index in [0.717, 1.165) is 44.0 Å². The van der Waals surface area contributed by atoms with Gasteiger partial charge in [0.05, 0.1) is 33.1 Å². The van der Waals surface area contributed by atoms with Gasteiger partial charge in [-0.3, -0.25) is 0 Å². The third-order valence-electron chi connectivity index (χ3n) is 8.23. The second-order valence-corrected chi connectivity index (χ2v) is 11.5. The number of hydrogen-bond donors (Lipinski definition) is 0. The maximum absolute atomic E-state index is 9.69. The molecule has 41 heavy (non-hydrogen) atoms. The molecule has 0 spiro atoms. The Morgan fingerprint density at radius 1 is 0.610 bits per heavy atom. The molecule has 190 valence electrons. The lowest BCUT2D eigenvalue weighted by Gasteiger charge is -2.10. The zero-order valence-electron chi connectivity index (χ0n) is 21.8. The van der Waals surface area contributed by atoms with Crippen LogP contribution in [0.2, 0.25) is 0 Å². The van der Waals surface area contributed by atoms with Crippen LogP contribution in [0.4, 0.5) is 0 Å². The average molecular weight is 541 g/mol. The van der Waals surface area contributed by atoms with Crippen molar-refractivity contribution in [2.45, 2.75) is 0 Å². The number of furan rings is 1. The van der Waals surface area contributed by atoms with Crippen molar-refractivity contribution in [1.82, 2.24) is 4.57 Å². The molecular formula is C37H20N2OS. The summed E-state index contributed by atoms with van der Waals surface area (Å²) in [4.78, 5) is 0. The Balaban J connectivity index is 1.35. The van der Waals surface area contributed by atoms with Gasteiger partial charge in [-0.25, -0.2) is 0 Å². The number of thiophene rings is 1. The zero-order valence-corrected chi connectivity index (χ0v) is 22.6. The van der Waals surface area contributed by atoms with Gasteiger partial charge in [0, 0.05) is 37.0 Å². The standard InChI is InChI=1S/C37H20N2OS/c38-21-22-15-17-26-25-7-1-3-11-30(25)39(32(26)19-22)31-12-5-10-28-36-24(9-6-14-35(36)41-37(28)31)23-16-18-34-29(20-23)27-8-2-4-13-33(27)40-34/h1-20H. The lowest BCUT2D eigenvalue weighted by atomic mass is 9.98. The molecule has 0 fully saturated rings. The van der Waals surface area contributed by atoms with Gasteiger partial charge in [-0.15, -0.1) is 11.3 Å². The summed E-state index contributed by atoms with van der Waals surface area (Å²) in [5.74, 6) is 0. The van der Waals surface area contributed by atoms with E-state index in [1.807, 2.05) is 35.6 Å². The topological polar surface area (TPSA) is 41.9 Å². The Labute approximate surface area is 238 Å². The summed E-state index contributed by atoms with van der Waals surface area (Å²) in [6.45, 7) is 0. The van der Waals surface area contributed by atoms with Crippen molar-refractivity contribution in [3.05, 3.63) is 127 Å². The smallest absolute Gasteiger partial charge is 0.135 e. The van der Waals surface area contributed by atoms with E-state index >= 15 is 0 Å². The Bertz CT molecular complexity index is 2560. The van der Waals surface area contributed by atoms with Crippen LogP contribution >= 0.6 is 11.3 Å². The molecule has 3 nitrogen and oxygen atoms in total.